The molecule has 6 heteroatoms. The minimum Gasteiger partial charge on any atom is -0.462 e. The van der Waals surface area contributed by atoms with Gasteiger partial charge in [0.1, 0.15) is 0 Å². The Balaban J connectivity index is 2.77. The highest BCUT2D eigenvalue weighted by molar-refractivity contribution is 5.95. The van der Waals surface area contributed by atoms with E-state index in [0.29, 0.717) is 6.42 Å². The van der Waals surface area contributed by atoms with Gasteiger partial charge in [-0.3, -0.25) is 9.59 Å². The molecule has 1 aliphatic heterocycles. The van der Waals surface area contributed by atoms with Crippen molar-refractivity contribution < 1.29 is 28.5 Å². The van der Waals surface area contributed by atoms with Crippen LogP contribution in [-0.2, 0) is 28.5 Å². The van der Waals surface area contributed by atoms with Crippen LogP contribution in [0.4, 0.5) is 0 Å². The molecule has 0 spiro atoms. The molecule has 0 bridgehead atoms. The van der Waals surface area contributed by atoms with Gasteiger partial charge < -0.3 is 18.9 Å². The van der Waals surface area contributed by atoms with Gasteiger partial charge in [0.2, 0.25) is 0 Å². The first-order valence-electron chi connectivity index (χ1n) is 8.33. The third kappa shape index (κ3) is 6.11. The van der Waals surface area contributed by atoms with Gasteiger partial charge in [0.25, 0.3) is 0 Å². The van der Waals surface area contributed by atoms with Gasteiger partial charge in [0.15, 0.2) is 12.2 Å². The van der Waals surface area contributed by atoms with Gasteiger partial charge in [-0.2, -0.15) is 0 Å². The molecule has 0 aromatic rings. The Kier molecular flexibility index (Phi) is 7.48. The van der Waals surface area contributed by atoms with E-state index in [0.717, 1.165) is 0 Å². The van der Waals surface area contributed by atoms with Crippen molar-refractivity contribution in [2.24, 2.45) is 11.8 Å². The molecule has 0 aliphatic carbocycles. The third-order valence-corrected chi connectivity index (χ3v) is 3.74. The van der Waals surface area contributed by atoms with Crippen LogP contribution in [-0.4, -0.2) is 42.6 Å². The summed E-state index contributed by atoms with van der Waals surface area (Å²) in [5, 5.41) is 0. The maximum Gasteiger partial charge on any atom is 0.320 e. The minimum absolute atomic E-state index is 0.00381. The SMILES string of the molecule is CC(C)OC(=O)C(C(=O)OC(C)C)[C@@H](C)CC1O[C@H](C)[C@@H](C)O1. The largest absolute Gasteiger partial charge is 0.462 e. The topological polar surface area (TPSA) is 71.1 Å². The minimum atomic E-state index is -0.974. The van der Waals surface area contributed by atoms with Crippen molar-refractivity contribution in [3.05, 3.63) is 0 Å². The fourth-order valence-electron chi connectivity index (χ4n) is 2.46. The lowest BCUT2D eigenvalue weighted by Crippen LogP contribution is -2.37. The van der Waals surface area contributed by atoms with Crippen molar-refractivity contribution in [3.8, 4) is 0 Å². The lowest BCUT2D eigenvalue weighted by atomic mass is 9.90. The first-order chi connectivity index (χ1) is 10.6. The number of carbonyl (C=O) groups is 2. The van der Waals surface area contributed by atoms with Crippen molar-refractivity contribution >= 4 is 11.9 Å². The predicted octanol–water partition coefficient (Wildman–Crippen LogP) is 2.68. The Morgan fingerprint density at radius 3 is 1.61 bits per heavy atom. The second-order valence-electron chi connectivity index (χ2n) is 6.77. The molecule has 1 saturated heterocycles. The van der Waals surface area contributed by atoms with E-state index in [9.17, 15) is 9.59 Å². The zero-order chi connectivity index (χ0) is 17.7. The Labute approximate surface area is 138 Å². The average Bonchev–Trinajstić information content (AvgIpc) is 2.65. The highest BCUT2D eigenvalue weighted by Gasteiger charge is 2.39. The molecule has 1 rings (SSSR count). The van der Waals surface area contributed by atoms with E-state index >= 15 is 0 Å². The molecule has 0 aromatic heterocycles. The molecule has 6 nitrogen and oxygen atoms in total. The van der Waals surface area contributed by atoms with Crippen LogP contribution in [0.15, 0.2) is 0 Å². The van der Waals surface area contributed by atoms with E-state index in [2.05, 4.69) is 0 Å². The summed E-state index contributed by atoms with van der Waals surface area (Å²) in [6.45, 7) is 12.7. The molecular formula is C17H30O6. The van der Waals surface area contributed by atoms with E-state index < -0.39 is 24.1 Å². The summed E-state index contributed by atoms with van der Waals surface area (Å²) < 4.78 is 21.8. The summed E-state index contributed by atoms with van der Waals surface area (Å²) in [4.78, 5) is 24.6. The zero-order valence-corrected chi connectivity index (χ0v) is 15.2. The van der Waals surface area contributed by atoms with Gasteiger partial charge in [-0.15, -0.1) is 0 Å². The Bertz CT molecular complexity index is 374. The summed E-state index contributed by atoms with van der Waals surface area (Å²) >= 11 is 0. The molecule has 1 heterocycles. The molecule has 23 heavy (non-hydrogen) atoms. The summed E-state index contributed by atoms with van der Waals surface area (Å²) in [5.41, 5.74) is 0. The van der Waals surface area contributed by atoms with E-state index in [1.807, 2.05) is 20.8 Å². The Hall–Kier alpha value is -1.14. The predicted molar refractivity (Wildman–Crippen MR) is 84.6 cm³/mol. The maximum absolute atomic E-state index is 12.3. The van der Waals surface area contributed by atoms with E-state index in [1.165, 1.54) is 0 Å². The number of hydrogen-bond donors (Lipinski definition) is 0. The first-order valence-corrected chi connectivity index (χ1v) is 8.33. The van der Waals surface area contributed by atoms with Crippen molar-refractivity contribution in [3.63, 3.8) is 0 Å². The van der Waals surface area contributed by atoms with Gasteiger partial charge in [-0.05, 0) is 47.5 Å². The fraction of sp³-hybridized carbons (Fsp3) is 0.882. The van der Waals surface area contributed by atoms with Crippen LogP contribution in [0.25, 0.3) is 0 Å². The summed E-state index contributed by atoms with van der Waals surface area (Å²) in [5.74, 6) is -2.40. The van der Waals surface area contributed by atoms with E-state index in [1.54, 1.807) is 27.7 Å². The van der Waals surface area contributed by atoms with Crippen LogP contribution in [0.5, 0.6) is 0 Å². The standard InChI is InChI=1S/C17H30O6/c1-9(2)20-16(18)15(17(19)21-10(3)4)11(5)8-14-22-12(6)13(7)23-14/h9-15H,8H2,1-7H3/t11-,12+,13+/m0/s1. The number of hydrogen-bond acceptors (Lipinski definition) is 6. The number of rotatable bonds is 7. The van der Waals surface area contributed by atoms with Crippen molar-refractivity contribution in [2.45, 2.75) is 85.6 Å². The third-order valence-electron chi connectivity index (χ3n) is 3.74. The summed E-state index contributed by atoms with van der Waals surface area (Å²) in [6.07, 6.45) is -0.575. The maximum atomic E-state index is 12.3. The fourth-order valence-corrected chi connectivity index (χ4v) is 2.46. The van der Waals surface area contributed by atoms with Crippen molar-refractivity contribution in [1.29, 1.82) is 0 Å². The van der Waals surface area contributed by atoms with Gasteiger partial charge >= 0.3 is 11.9 Å². The quantitative estimate of drug-likeness (QED) is 0.528. The van der Waals surface area contributed by atoms with Gasteiger partial charge in [0.05, 0.1) is 24.4 Å². The van der Waals surface area contributed by atoms with Crippen molar-refractivity contribution in [1.82, 2.24) is 0 Å². The van der Waals surface area contributed by atoms with Crippen LogP contribution in [0, 0.1) is 11.8 Å². The van der Waals surface area contributed by atoms with E-state index in [4.69, 9.17) is 18.9 Å². The van der Waals surface area contributed by atoms with Gasteiger partial charge in [-0.1, -0.05) is 6.92 Å². The Morgan fingerprint density at radius 1 is 0.870 bits per heavy atom. The molecular weight excluding hydrogens is 300 g/mol. The molecule has 0 aromatic carbocycles. The molecule has 0 saturated carbocycles. The first kappa shape index (κ1) is 19.9. The Morgan fingerprint density at radius 2 is 1.26 bits per heavy atom. The lowest BCUT2D eigenvalue weighted by Gasteiger charge is -2.24. The zero-order valence-electron chi connectivity index (χ0n) is 15.2. The number of esters is 2. The number of ether oxygens (including phenoxy) is 4. The van der Waals surface area contributed by atoms with Crippen LogP contribution in [0.1, 0.15) is 54.9 Å². The van der Waals surface area contributed by atoms with Gasteiger partial charge in [0, 0.05) is 6.42 Å². The molecule has 0 unspecified atom stereocenters. The van der Waals surface area contributed by atoms with Crippen LogP contribution in [0.2, 0.25) is 0 Å². The van der Waals surface area contributed by atoms with Gasteiger partial charge in [-0.25, -0.2) is 0 Å². The summed E-state index contributed by atoms with van der Waals surface area (Å²) in [7, 11) is 0. The molecule has 0 radical (unpaired) electrons. The molecule has 1 aliphatic rings. The molecule has 0 N–H and O–H groups in total. The van der Waals surface area contributed by atoms with Crippen LogP contribution in [0.3, 0.4) is 0 Å². The second-order valence-corrected chi connectivity index (χ2v) is 6.77. The van der Waals surface area contributed by atoms with Crippen LogP contribution >= 0.6 is 0 Å². The molecule has 134 valence electrons. The lowest BCUT2D eigenvalue weighted by molar-refractivity contribution is -0.170. The monoisotopic (exact) mass is 330 g/mol. The molecule has 1 fully saturated rings. The van der Waals surface area contributed by atoms with Crippen LogP contribution < -0.4 is 0 Å². The number of carbonyl (C=O) groups excluding carboxylic acids is 2. The molecule has 3 atom stereocenters. The smallest absolute Gasteiger partial charge is 0.320 e. The van der Waals surface area contributed by atoms with Crippen molar-refractivity contribution in [2.75, 3.05) is 0 Å². The highest BCUT2D eigenvalue weighted by atomic mass is 16.7. The van der Waals surface area contributed by atoms with E-state index in [-0.39, 0.29) is 30.3 Å². The highest BCUT2D eigenvalue weighted by Crippen LogP contribution is 2.28. The summed E-state index contributed by atoms with van der Waals surface area (Å²) in [6, 6.07) is 0. The normalized spacial score (nSPS) is 23.6. The second kappa shape index (κ2) is 8.64. The average molecular weight is 330 g/mol. The molecule has 0 amide bonds.